The summed E-state index contributed by atoms with van der Waals surface area (Å²) in [5.41, 5.74) is 10.1. The van der Waals surface area contributed by atoms with Crippen molar-refractivity contribution >= 4 is 0 Å². The number of hydrogen-bond acceptors (Lipinski definition) is 2. The molecule has 4 N–H and O–H groups in total. The first-order valence-electron chi connectivity index (χ1n) is 7.83. The molecule has 2 aliphatic rings. The molecule has 0 aromatic carbocycles. The molecule has 5 heteroatoms. The third-order valence-electron chi connectivity index (χ3n) is 5.85. The van der Waals surface area contributed by atoms with E-state index in [4.69, 9.17) is 11.5 Å². The maximum Gasteiger partial charge on any atom is 0.394 e. The van der Waals surface area contributed by atoms with Crippen molar-refractivity contribution < 1.29 is 13.2 Å². The summed E-state index contributed by atoms with van der Waals surface area (Å²) in [5.74, 6) is -0.553. The van der Waals surface area contributed by atoms with Gasteiger partial charge in [0.05, 0.1) is 5.41 Å². The molecule has 2 fully saturated rings. The van der Waals surface area contributed by atoms with Gasteiger partial charge in [-0.05, 0) is 63.2 Å². The molecule has 0 aromatic heterocycles. The third kappa shape index (κ3) is 2.98. The Morgan fingerprint density at radius 3 is 1.25 bits per heavy atom. The van der Waals surface area contributed by atoms with Gasteiger partial charge in [-0.1, -0.05) is 6.92 Å². The van der Waals surface area contributed by atoms with Gasteiger partial charge in [0.15, 0.2) is 0 Å². The van der Waals surface area contributed by atoms with E-state index in [0.29, 0.717) is 25.7 Å². The summed E-state index contributed by atoms with van der Waals surface area (Å²) in [4.78, 5) is 0. The Balaban J connectivity index is 2.17. The molecule has 2 nitrogen and oxygen atoms in total. The van der Waals surface area contributed by atoms with Gasteiger partial charge in [-0.25, -0.2) is 0 Å². The Kier molecular flexibility index (Phi) is 4.69. The third-order valence-corrected chi connectivity index (χ3v) is 5.85. The minimum absolute atomic E-state index is 0.0866. The molecule has 0 aromatic rings. The van der Waals surface area contributed by atoms with Crippen molar-refractivity contribution in [2.45, 2.75) is 76.6 Å². The van der Waals surface area contributed by atoms with Crippen molar-refractivity contribution in [1.82, 2.24) is 0 Å². The molecule has 0 heterocycles. The lowest BCUT2D eigenvalue weighted by Crippen LogP contribution is -2.51. The zero-order valence-electron chi connectivity index (χ0n) is 12.3. The molecule has 2 aliphatic carbocycles. The van der Waals surface area contributed by atoms with E-state index in [-0.39, 0.29) is 23.9 Å². The summed E-state index contributed by atoms with van der Waals surface area (Å²) in [5, 5.41) is 0. The standard InChI is InChI=1S/C15H27F3N2/c1-14(15(16,17)18,10-2-6-12(19)7-3-10)11-4-8-13(20)9-5-11/h10-13H,2-9,19-20H2,1H3. The van der Waals surface area contributed by atoms with E-state index in [1.807, 2.05) is 0 Å². The summed E-state index contributed by atoms with van der Waals surface area (Å²) in [6.07, 6.45) is 1.21. The van der Waals surface area contributed by atoms with Crippen molar-refractivity contribution in [2.75, 3.05) is 0 Å². The van der Waals surface area contributed by atoms with Crippen molar-refractivity contribution in [3.05, 3.63) is 0 Å². The quantitative estimate of drug-likeness (QED) is 0.817. The lowest BCUT2D eigenvalue weighted by Gasteiger charge is -2.49. The summed E-state index contributed by atoms with van der Waals surface area (Å²) in [6.45, 7) is 1.45. The van der Waals surface area contributed by atoms with Crippen LogP contribution in [-0.4, -0.2) is 18.3 Å². The van der Waals surface area contributed by atoms with Crippen LogP contribution < -0.4 is 11.5 Å². The molecule has 0 spiro atoms. The molecule has 0 unspecified atom stereocenters. The SMILES string of the molecule is CC(C1CCC(N)CC1)(C1CCC(N)CC1)C(F)(F)F. The fourth-order valence-corrected chi connectivity index (χ4v) is 4.23. The van der Waals surface area contributed by atoms with Crippen LogP contribution in [0.1, 0.15) is 58.3 Å². The normalized spacial score (nSPS) is 39.3. The van der Waals surface area contributed by atoms with E-state index >= 15 is 0 Å². The second-order valence-corrected chi connectivity index (χ2v) is 7.00. The Morgan fingerprint density at radius 2 is 1.00 bits per heavy atom. The smallest absolute Gasteiger partial charge is 0.328 e. The highest BCUT2D eigenvalue weighted by atomic mass is 19.4. The molecule has 0 amide bonds. The van der Waals surface area contributed by atoms with Gasteiger partial charge in [0, 0.05) is 12.1 Å². The zero-order chi connectivity index (χ0) is 15.0. The largest absolute Gasteiger partial charge is 0.394 e. The maximum atomic E-state index is 13.8. The second-order valence-electron chi connectivity index (χ2n) is 7.00. The van der Waals surface area contributed by atoms with E-state index in [9.17, 15) is 13.2 Å². The Bertz CT molecular complexity index is 292. The van der Waals surface area contributed by atoms with Crippen LogP contribution in [0.3, 0.4) is 0 Å². The number of rotatable bonds is 2. The molecule has 118 valence electrons. The molecule has 2 saturated carbocycles. The van der Waals surface area contributed by atoms with Gasteiger partial charge in [0.1, 0.15) is 0 Å². The van der Waals surface area contributed by atoms with Crippen molar-refractivity contribution in [3.8, 4) is 0 Å². The van der Waals surface area contributed by atoms with Crippen LogP contribution in [-0.2, 0) is 0 Å². The molecule has 0 aliphatic heterocycles. The number of alkyl halides is 3. The van der Waals surface area contributed by atoms with Crippen LogP contribution >= 0.6 is 0 Å². The first-order chi connectivity index (χ1) is 9.25. The number of nitrogens with two attached hydrogens (primary N) is 2. The minimum Gasteiger partial charge on any atom is -0.328 e. The Hall–Kier alpha value is -0.290. The highest BCUT2D eigenvalue weighted by Gasteiger charge is 2.59. The highest BCUT2D eigenvalue weighted by Crippen LogP contribution is 2.56. The van der Waals surface area contributed by atoms with Crippen molar-refractivity contribution in [2.24, 2.45) is 28.7 Å². The predicted octanol–water partition coefficient (Wildman–Crippen LogP) is 3.59. The van der Waals surface area contributed by atoms with Gasteiger partial charge in [-0.15, -0.1) is 0 Å². The highest BCUT2D eigenvalue weighted by molar-refractivity contribution is 4.98. The summed E-state index contributed by atoms with van der Waals surface area (Å²) in [6, 6.07) is 0.173. The van der Waals surface area contributed by atoms with E-state index in [1.165, 1.54) is 6.92 Å². The monoisotopic (exact) mass is 292 g/mol. The molecule has 20 heavy (non-hydrogen) atoms. The number of hydrogen-bond donors (Lipinski definition) is 2. The molecule has 0 bridgehead atoms. The lowest BCUT2D eigenvalue weighted by molar-refractivity contribution is -0.263. The van der Waals surface area contributed by atoms with E-state index in [1.54, 1.807) is 0 Å². The van der Waals surface area contributed by atoms with E-state index < -0.39 is 11.6 Å². The fourth-order valence-electron chi connectivity index (χ4n) is 4.23. The first-order valence-corrected chi connectivity index (χ1v) is 7.83. The van der Waals surface area contributed by atoms with E-state index in [2.05, 4.69) is 0 Å². The minimum atomic E-state index is -4.13. The zero-order valence-corrected chi connectivity index (χ0v) is 12.3. The Labute approximate surface area is 119 Å². The molecular formula is C15H27F3N2. The first kappa shape index (κ1) is 16.1. The molecule has 0 radical (unpaired) electrons. The van der Waals surface area contributed by atoms with Crippen LogP contribution in [0.15, 0.2) is 0 Å². The molecule has 0 atom stereocenters. The van der Waals surface area contributed by atoms with Crippen LogP contribution in [0.5, 0.6) is 0 Å². The van der Waals surface area contributed by atoms with Crippen LogP contribution in [0.2, 0.25) is 0 Å². The maximum absolute atomic E-state index is 13.8. The van der Waals surface area contributed by atoms with Gasteiger partial charge in [0.2, 0.25) is 0 Å². The topological polar surface area (TPSA) is 52.0 Å². The van der Waals surface area contributed by atoms with Gasteiger partial charge in [0.25, 0.3) is 0 Å². The number of halogens is 3. The molecule has 2 rings (SSSR count). The lowest BCUT2D eigenvalue weighted by atomic mass is 9.58. The van der Waals surface area contributed by atoms with E-state index in [0.717, 1.165) is 25.7 Å². The average Bonchev–Trinajstić information content (AvgIpc) is 2.38. The van der Waals surface area contributed by atoms with Gasteiger partial charge in [-0.3, -0.25) is 0 Å². The van der Waals surface area contributed by atoms with Gasteiger partial charge < -0.3 is 11.5 Å². The van der Waals surface area contributed by atoms with Crippen molar-refractivity contribution in [1.29, 1.82) is 0 Å². The van der Waals surface area contributed by atoms with Gasteiger partial charge >= 0.3 is 6.18 Å². The van der Waals surface area contributed by atoms with Crippen LogP contribution in [0.25, 0.3) is 0 Å². The molecule has 0 saturated heterocycles. The van der Waals surface area contributed by atoms with Gasteiger partial charge in [-0.2, -0.15) is 13.2 Å². The predicted molar refractivity (Wildman–Crippen MR) is 74.0 cm³/mol. The Morgan fingerprint density at radius 1 is 0.700 bits per heavy atom. The van der Waals surface area contributed by atoms with Crippen LogP contribution in [0, 0.1) is 17.3 Å². The van der Waals surface area contributed by atoms with Crippen molar-refractivity contribution in [3.63, 3.8) is 0 Å². The van der Waals surface area contributed by atoms with Crippen LogP contribution in [0.4, 0.5) is 13.2 Å². The summed E-state index contributed by atoms with van der Waals surface area (Å²) >= 11 is 0. The molecular weight excluding hydrogens is 265 g/mol. The average molecular weight is 292 g/mol. The fraction of sp³-hybridized carbons (Fsp3) is 1.00. The summed E-state index contributed by atoms with van der Waals surface area (Å²) < 4.78 is 41.4. The second kappa shape index (κ2) is 5.84. The summed E-state index contributed by atoms with van der Waals surface area (Å²) in [7, 11) is 0.